The highest BCUT2D eigenvalue weighted by Crippen LogP contribution is 2.19. The molecule has 0 aromatic heterocycles. The second kappa shape index (κ2) is 8.23. The molecule has 4 heteroatoms. The zero-order chi connectivity index (χ0) is 18.4. The molecule has 3 aromatic rings. The first-order valence-corrected chi connectivity index (χ1v) is 8.23. The second-order valence-electron chi connectivity index (χ2n) is 5.80. The van der Waals surface area contributed by atoms with Crippen molar-refractivity contribution in [3.05, 3.63) is 95.6 Å². The number of rotatable bonds is 6. The van der Waals surface area contributed by atoms with Gasteiger partial charge in [0.25, 0.3) is 0 Å². The van der Waals surface area contributed by atoms with Crippen LogP contribution in [0.1, 0.15) is 26.3 Å². The fourth-order valence-corrected chi connectivity index (χ4v) is 2.52. The Bertz CT molecular complexity index is 882. The average molecular weight is 346 g/mol. The van der Waals surface area contributed by atoms with E-state index in [4.69, 9.17) is 9.84 Å². The number of esters is 1. The van der Waals surface area contributed by atoms with Gasteiger partial charge in [0, 0.05) is 5.56 Å². The van der Waals surface area contributed by atoms with Gasteiger partial charge in [0.1, 0.15) is 0 Å². The highest BCUT2D eigenvalue weighted by atomic mass is 16.5. The van der Waals surface area contributed by atoms with Crippen LogP contribution in [-0.2, 0) is 11.3 Å². The lowest BCUT2D eigenvalue weighted by atomic mass is 10.0. The van der Waals surface area contributed by atoms with Gasteiger partial charge in [-0.2, -0.15) is 0 Å². The van der Waals surface area contributed by atoms with Crippen molar-refractivity contribution in [2.45, 2.75) is 6.61 Å². The molecule has 0 amide bonds. The minimum atomic E-state index is -0.566. The van der Waals surface area contributed by atoms with Crippen LogP contribution in [0.5, 0.6) is 0 Å². The summed E-state index contributed by atoms with van der Waals surface area (Å²) in [5.41, 5.74) is 3.63. The van der Waals surface area contributed by atoms with E-state index in [0.29, 0.717) is 16.7 Å². The molecule has 0 saturated carbocycles. The van der Waals surface area contributed by atoms with Crippen molar-refractivity contribution in [3.8, 4) is 11.1 Å². The summed E-state index contributed by atoms with van der Waals surface area (Å²) >= 11 is 0. The Labute approximate surface area is 151 Å². The zero-order valence-corrected chi connectivity index (χ0v) is 14.1. The van der Waals surface area contributed by atoms with Crippen molar-refractivity contribution < 1.29 is 19.4 Å². The normalized spacial score (nSPS) is 10.3. The summed E-state index contributed by atoms with van der Waals surface area (Å²) in [5, 5.41) is 9.00. The van der Waals surface area contributed by atoms with Gasteiger partial charge in [-0.1, -0.05) is 66.7 Å². The number of ketones is 1. The third-order valence-corrected chi connectivity index (χ3v) is 4.02. The van der Waals surface area contributed by atoms with Crippen molar-refractivity contribution in [1.82, 2.24) is 0 Å². The Balaban J connectivity index is 1.60. The van der Waals surface area contributed by atoms with E-state index in [-0.39, 0.29) is 19.0 Å². The van der Waals surface area contributed by atoms with E-state index in [1.165, 1.54) is 0 Å². The van der Waals surface area contributed by atoms with E-state index >= 15 is 0 Å². The fourth-order valence-electron chi connectivity index (χ4n) is 2.52. The van der Waals surface area contributed by atoms with E-state index in [9.17, 15) is 9.59 Å². The molecule has 0 fully saturated rings. The summed E-state index contributed by atoms with van der Waals surface area (Å²) in [6.45, 7) is -0.405. The molecule has 0 aliphatic heterocycles. The standard InChI is InChI=1S/C22H18O4/c23-14-16-6-8-20(9-7-16)22(25)26-15-21(24)19-12-10-18(11-13-19)17-4-2-1-3-5-17/h1-13,23H,14-15H2. The summed E-state index contributed by atoms with van der Waals surface area (Å²) in [5.74, 6) is -0.825. The number of ether oxygens (including phenoxy) is 1. The molecule has 26 heavy (non-hydrogen) atoms. The maximum Gasteiger partial charge on any atom is 0.338 e. The Morgan fingerprint density at radius 1 is 0.731 bits per heavy atom. The summed E-state index contributed by atoms with van der Waals surface area (Å²) in [6.07, 6.45) is 0. The maximum atomic E-state index is 12.2. The molecule has 4 nitrogen and oxygen atoms in total. The van der Waals surface area contributed by atoms with Crippen molar-refractivity contribution in [1.29, 1.82) is 0 Å². The van der Waals surface area contributed by atoms with Crippen LogP contribution >= 0.6 is 0 Å². The molecular weight excluding hydrogens is 328 g/mol. The Hall–Kier alpha value is -3.24. The summed E-state index contributed by atoms with van der Waals surface area (Å²) in [4.78, 5) is 24.2. The van der Waals surface area contributed by atoms with E-state index in [1.807, 2.05) is 42.5 Å². The van der Waals surface area contributed by atoms with Gasteiger partial charge in [0.15, 0.2) is 12.4 Å². The Kier molecular flexibility index (Phi) is 5.56. The van der Waals surface area contributed by atoms with E-state index < -0.39 is 5.97 Å². The van der Waals surface area contributed by atoms with Gasteiger partial charge in [-0.25, -0.2) is 4.79 Å². The zero-order valence-electron chi connectivity index (χ0n) is 14.1. The van der Waals surface area contributed by atoms with Crippen LogP contribution in [0.3, 0.4) is 0 Å². The fraction of sp³-hybridized carbons (Fsp3) is 0.0909. The lowest BCUT2D eigenvalue weighted by Gasteiger charge is -2.06. The topological polar surface area (TPSA) is 63.6 Å². The molecule has 3 rings (SSSR count). The highest BCUT2D eigenvalue weighted by molar-refractivity contribution is 5.99. The molecule has 0 aliphatic carbocycles. The molecule has 0 atom stereocenters. The Morgan fingerprint density at radius 3 is 1.92 bits per heavy atom. The predicted molar refractivity (Wildman–Crippen MR) is 98.9 cm³/mol. The van der Waals surface area contributed by atoms with Crippen molar-refractivity contribution >= 4 is 11.8 Å². The molecule has 0 spiro atoms. The van der Waals surface area contributed by atoms with Gasteiger partial charge in [-0.3, -0.25) is 4.79 Å². The summed E-state index contributed by atoms with van der Waals surface area (Å²) in [7, 11) is 0. The van der Waals surface area contributed by atoms with Crippen molar-refractivity contribution in [2.24, 2.45) is 0 Å². The number of Topliss-reactive ketones (excluding diaryl/α,β-unsaturated/α-hetero) is 1. The van der Waals surface area contributed by atoms with Gasteiger partial charge >= 0.3 is 5.97 Å². The van der Waals surface area contributed by atoms with Crippen LogP contribution in [0.2, 0.25) is 0 Å². The minimum absolute atomic E-state index is 0.0905. The van der Waals surface area contributed by atoms with Crippen molar-refractivity contribution in [3.63, 3.8) is 0 Å². The number of benzene rings is 3. The van der Waals surface area contributed by atoms with Gasteiger partial charge < -0.3 is 9.84 Å². The molecule has 0 radical (unpaired) electrons. The number of aliphatic hydroxyl groups is 1. The average Bonchev–Trinajstić information content (AvgIpc) is 2.72. The molecule has 0 saturated heterocycles. The maximum absolute atomic E-state index is 12.2. The van der Waals surface area contributed by atoms with Crippen LogP contribution < -0.4 is 0 Å². The van der Waals surface area contributed by atoms with Gasteiger partial charge in [-0.15, -0.1) is 0 Å². The largest absolute Gasteiger partial charge is 0.454 e. The molecule has 0 heterocycles. The number of carbonyl (C=O) groups excluding carboxylic acids is 2. The van der Waals surface area contributed by atoms with E-state index in [1.54, 1.807) is 36.4 Å². The number of carbonyl (C=O) groups is 2. The van der Waals surface area contributed by atoms with Gasteiger partial charge in [0.2, 0.25) is 0 Å². The van der Waals surface area contributed by atoms with Gasteiger partial charge in [0.05, 0.1) is 12.2 Å². The van der Waals surface area contributed by atoms with Crippen LogP contribution in [0.25, 0.3) is 11.1 Å². The van der Waals surface area contributed by atoms with Crippen LogP contribution in [0.15, 0.2) is 78.9 Å². The quantitative estimate of drug-likeness (QED) is 0.543. The first-order chi connectivity index (χ1) is 12.7. The minimum Gasteiger partial charge on any atom is -0.454 e. The monoisotopic (exact) mass is 346 g/mol. The Morgan fingerprint density at radius 2 is 1.31 bits per heavy atom. The lowest BCUT2D eigenvalue weighted by molar-refractivity contribution is 0.0474. The van der Waals surface area contributed by atoms with Crippen LogP contribution in [-0.4, -0.2) is 23.5 Å². The van der Waals surface area contributed by atoms with E-state index in [2.05, 4.69) is 0 Å². The first-order valence-electron chi connectivity index (χ1n) is 8.23. The van der Waals surface area contributed by atoms with Crippen molar-refractivity contribution in [2.75, 3.05) is 6.61 Å². The molecule has 3 aromatic carbocycles. The SMILES string of the molecule is O=C(COC(=O)c1ccc(CO)cc1)c1ccc(-c2ccccc2)cc1. The molecule has 0 bridgehead atoms. The lowest BCUT2D eigenvalue weighted by Crippen LogP contribution is -2.14. The molecule has 0 aliphatic rings. The third kappa shape index (κ3) is 4.23. The predicted octanol–water partition coefficient (Wildman–Crippen LogP) is 3.89. The van der Waals surface area contributed by atoms with Gasteiger partial charge in [-0.05, 0) is 28.8 Å². The summed E-state index contributed by atoms with van der Waals surface area (Å²) in [6, 6.07) is 23.5. The second-order valence-corrected chi connectivity index (χ2v) is 5.80. The summed E-state index contributed by atoms with van der Waals surface area (Å²) < 4.78 is 5.08. The molecule has 0 unspecified atom stereocenters. The van der Waals surface area contributed by atoms with Crippen LogP contribution in [0.4, 0.5) is 0 Å². The van der Waals surface area contributed by atoms with E-state index in [0.717, 1.165) is 11.1 Å². The number of hydrogen-bond acceptors (Lipinski definition) is 4. The molecule has 1 N–H and O–H groups in total. The molecular formula is C22H18O4. The highest BCUT2D eigenvalue weighted by Gasteiger charge is 2.12. The van der Waals surface area contributed by atoms with Crippen LogP contribution in [0, 0.1) is 0 Å². The first kappa shape index (κ1) is 17.6. The number of hydrogen-bond donors (Lipinski definition) is 1. The number of aliphatic hydroxyl groups excluding tert-OH is 1. The third-order valence-electron chi connectivity index (χ3n) is 4.02. The molecule has 130 valence electrons. The smallest absolute Gasteiger partial charge is 0.338 e.